The maximum absolute atomic E-state index is 10.9. The number of carbonyl (C=O) groups is 2. The molecular weight excluding hydrogens is 274 g/mol. The Kier molecular flexibility index (Phi) is 3.84. The summed E-state index contributed by atoms with van der Waals surface area (Å²) in [6.45, 7) is 3.04. The second-order valence-corrected chi connectivity index (χ2v) is 5.01. The van der Waals surface area contributed by atoms with E-state index in [4.69, 9.17) is 10.2 Å². The van der Waals surface area contributed by atoms with E-state index >= 15 is 0 Å². The molecule has 0 aliphatic heterocycles. The van der Waals surface area contributed by atoms with Crippen molar-refractivity contribution in [1.82, 2.24) is 9.78 Å². The van der Waals surface area contributed by atoms with Crippen LogP contribution >= 0.6 is 0 Å². The van der Waals surface area contributed by atoms with Gasteiger partial charge in [0, 0.05) is 23.8 Å². The van der Waals surface area contributed by atoms with E-state index in [9.17, 15) is 9.59 Å². The summed E-state index contributed by atoms with van der Waals surface area (Å²) >= 11 is 0. The summed E-state index contributed by atoms with van der Waals surface area (Å²) in [4.78, 5) is 23.2. The molecular formula is C14H17N3O4. The van der Waals surface area contributed by atoms with Gasteiger partial charge in [-0.2, -0.15) is 5.10 Å². The Hall–Kier alpha value is -2.57. The molecule has 0 aliphatic carbocycles. The molecule has 7 heteroatoms. The number of aromatic nitrogens is 2. The van der Waals surface area contributed by atoms with Crippen LogP contribution in [-0.4, -0.2) is 45.0 Å². The van der Waals surface area contributed by atoms with Crippen LogP contribution in [0.2, 0.25) is 0 Å². The number of rotatable bonds is 5. The van der Waals surface area contributed by atoms with Crippen molar-refractivity contribution in [1.29, 1.82) is 0 Å². The van der Waals surface area contributed by atoms with Gasteiger partial charge >= 0.3 is 11.9 Å². The third-order valence-electron chi connectivity index (χ3n) is 3.44. The summed E-state index contributed by atoms with van der Waals surface area (Å²) in [5.41, 5.74) is 3.12. The van der Waals surface area contributed by atoms with E-state index in [-0.39, 0.29) is 13.1 Å². The fraction of sp³-hybridized carbons (Fsp3) is 0.357. The molecule has 21 heavy (non-hydrogen) atoms. The lowest BCUT2D eigenvalue weighted by atomic mass is 10.1. The van der Waals surface area contributed by atoms with Gasteiger partial charge in [0.05, 0.1) is 5.52 Å². The number of aliphatic carboxylic acids is 2. The summed E-state index contributed by atoms with van der Waals surface area (Å²) in [6.07, 6.45) is 0. The number of benzene rings is 1. The smallest absolute Gasteiger partial charge is 0.323 e. The molecule has 1 heterocycles. The second-order valence-electron chi connectivity index (χ2n) is 5.01. The molecule has 0 amide bonds. The minimum atomic E-state index is -1.08. The van der Waals surface area contributed by atoms with E-state index in [1.54, 1.807) is 10.7 Å². The lowest BCUT2D eigenvalue weighted by Gasteiger charge is -2.22. The van der Waals surface area contributed by atoms with Crippen molar-refractivity contribution in [2.45, 2.75) is 13.8 Å². The van der Waals surface area contributed by atoms with Gasteiger partial charge in [0.15, 0.2) is 0 Å². The minimum Gasteiger partial charge on any atom is -0.480 e. The van der Waals surface area contributed by atoms with E-state index in [0.29, 0.717) is 5.69 Å². The number of carboxylic acid groups (broad SMARTS) is 2. The lowest BCUT2D eigenvalue weighted by Crippen LogP contribution is -2.34. The zero-order chi connectivity index (χ0) is 15.7. The monoisotopic (exact) mass is 291 g/mol. The van der Waals surface area contributed by atoms with Crippen molar-refractivity contribution in [3.8, 4) is 0 Å². The normalized spacial score (nSPS) is 10.8. The molecule has 112 valence electrons. The molecule has 0 bridgehead atoms. The average molecular weight is 291 g/mol. The number of carboxylic acids is 2. The van der Waals surface area contributed by atoms with E-state index < -0.39 is 11.9 Å². The summed E-state index contributed by atoms with van der Waals surface area (Å²) < 4.78 is 1.74. The highest BCUT2D eigenvalue weighted by atomic mass is 16.4. The molecule has 0 saturated carbocycles. The predicted molar refractivity (Wildman–Crippen MR) is 77.7 cm³/mol. The van der Waals surface area contributed by atoms with E-state index in [2.05, 4.69) is 5.10 Å². The summed E-state index contributed by atoms with van der Waals surface area (Å²) in [5.74, 6) is -2.15. The topological polar surface area (TPSA) is 95.7 Å². The molecule has 2 N–H and O–H groups in total. The van der Waals surface area contributed by atoms with Gasteiger partial charge in [-0.3, -0.25) is 14.3 Å². The van der Waals surface area contributed by atoms with Crippen molar-refractivity contribution in [2.24, 2.45) is 7.05 Å². The van der Waals surface area contributed by atoms with Crippen LogP contribution in [0.4, 0.5) is 5.69 Å². The van der Waals surface area contributed by atoms with Gasteiger partial charge in [0.2, 0.25) is 0 Å². The first-order valence-electron chi connectivity index (χ1n) is 6.42. The van der Waals surface area contributed by atoms with Gasteiger partial charge in [-0.1, -0.05) is 0 Å². The first-order valence-corrected chi connectivity index (χ1v) is 6.42. The highest BCUT2D eigenvalue weighted by molar-refractivity contribution is 5.88. The van der Waals surface area contributed by atoms with E-state index in [1.165, 1.54) is 4.90 Å². The van der Waals surface area contributed by atoms with Crippen molar-refractivity contribution >= 4 is 28.5 Å². The Morgan fingerprint density at radius 1 is 1.19 bits per heavy atom. The highest BCUT2D eigenvalue weighted by Crippen LogP contribution is 2.27. The van der Waals surface area contributed by atoms with Crippen LogP contribution in [0.3, 0.4) is 0 Å². The summed E-state index contributed by atoms with van der Waals surface area (Å²) in [7, 11) is 1.83. The van der Waals surface area contributed by atoms with E-state index in [0.717, 1.165) is 22.2 Å². The van der Waals surface area contributed by atoms with Gasteiger partial charge in [-0.05, 0) is 31.5 Å². The molecule has 0 fully saturated rings. The van der Waals surface area contributed by atoms with Crippen LogP contribution in [0, 0.1) is 13.8 Å². The van der Waals surface area contributed by atoms with Crippen molar-refractivity contribution in [2.75, 3.05) is 18.0 Å². The predicted octanol–water partition coefficient (Wildman–Crippen LogP) is 1.17. The quantitative estimate of drug-likeness (QED) is 0.858. The highest BCUT2D eigenvalue weighted by Gasteiger charge is 2.18. The number of aryl methyl sites for hydroxylation is 3. The lowest BCUT2D eigenvalue weighted by molar-refractivity contribution is -0.136. The number of hydrogen-bond donors (Lipinski definition) is 2. The molecule has 0 radical (unpaired) electrons. The van der Waals surface area contributed by atoms with Crippen LogP contribution < -0.4 is 4.90 Å². The minimum absolute atomic E-state index is 0.371. The van der Waals surface area contributed by atoms with Crippen LogP contribution in [-0.2, 0) is 16.6 Å². The Morgan fingerprint density at radius 3 is 2.29 bits per heavy atom. The number of anilines is 1. The third-order valence-corrected chi connectivity index (χ3v) is 3.44. The molecule has 0 saturated heterocycles. The Bertz CT molecular complexity index is 705. The fourth-order valence-corrected chi connectivity index (χ4v) is 2.36. The van der Waals surface area contributed by atoms with Crippen molar-refractivity contribution < 1.29 is 19.8 Å². The maximum atomic E-state index is 10.9. The first kappa shape index (κ1) is 14.8. The molecule has 0 atom stereocenters. The molecule has 1 aromatic carbocycles. The van der Waals surface area contributed by atoms with Crippen LogP contribution in [0.5, 0.6) is 0 Å². The molecule has 2 aromatic rings. The molecule has 0 spiro atoms. The zero-order valence-electron chi connectivity index (χ0n) is 12.1. The maximum Gasteiger partial charge on any atom is 0.323 e. The first-order chi connectivity index (χ1) is 9.79. The number of nitrogens with zero attached hydrogens (tertiary/aromatic N) is 3. The van der Waals surface area contributed by atoms with Gasteiger partial charge in [-0.25, -0.2) is 0 Å². The average Bonchev–Trinajstić information content (AvgIpc) is 2.63. The molecule has 0 unspecified atom stereocenters. The van der Waals surface area contributed by atoms with E-state index in [1.807, 2.05) is 27.0 Å². The van der Waals surface area contributed by atoms with Gasteiger partial charge in [0.1, 0.15) is 13.1 Å². The molecule has 2 rings (SSSR count). The molecule has 7 nitrogen and oxygen atoms in total. The number of fused-ring (bicyclic) bond motifs is 1. The Labute approximate surface area is 121 Å². The van der Waals surface area contributed by atoms with Gasteiger partial charge < -0.3 is 15.1 Å². The summed E-state index contributed by atoms with van der Waals surface area (Å²) in [5, 5.41) is 23.2. The van der Waals surface area contributed by atoms with Crippen molar-refractivity contribution in [3.63, 3.8) is 0 Å². The molecule has 1 aromatic heterocycles. The Morgan fingerprint density at radius 2 is 1.76 bits per heavy atom. The van der Waals surface area contributed by atoms with Gasteiger partial charge in [0.25, 0.3) is 0 Å². The van der Waals surface area contributed by atoms with Crippen LogP contribution in [0.15, 0.2) is 12.1 Å². The zero-order valence-corrected chi connectivity index (χ0v) is 12.1. The van der Waals surface area contributed by atoms with Gasteiger partial charge in [-0.15, -0.1) is 0 Å². The number of hydrogen-bond acceptors (Lipinski definition) is 4. The summed E-state index contributed by atoms with van der Waals surface area (Å²) in [6, 6.07) is 3.65. The standard InChI is InChI=1S/C14H17N3O4/c1-8-4-10-9(2)16(3)15-11(10)5-12(8)17(6-13(18)19)7-14(20)21/h4-5H,6-7H2,1-3H3,(H,18,19)(H,20,21). The van der Waals surface area contributed by atoms with Crippen molar-refractivity contribution in [3.05, 3.63) is 23.4 Å². The SMILES string of the molecule is Cc1cc2c(C)n(C)nc2cc1N(CC(=O)O)CC(=O)O. The second kappa shape index (κ2) is 5.43. The third kappa shape index (κ3) is 2.96. The largest absolute Gasteiger partial charge is 0.480 e. The Balaban J connectivity index is 2.53. The molecule has 0 aliphatic rings. The van der Waals surface area contributed by atoms with Crippen LogP contribution in [0.1, 0.15) is 11.3 Å². The fourth-order valence-electron chi connectivity index (χ4n) is 2.36. The van der Waals surface area contributed by atoms with Crippen LogP contribution in [0.25, 0.3) is 10.9 Å².